The Morgan fingerprint density at radius 3 is 2.60 bits per heavy atom. The van der Waals surface area contributed by atoms with Crippen LogP contribution in [-0.2, 0) is 4.79 Å². The second-order valence-corrected chi connectivity index (χ2v) is 2.82. The lowest BCUT2D eigenvalue weighted by Gasteiger charge is -2.06. The number of amides is 1. The topological polar surface area (TPSA) is 88.1 Å². The van der Waals surface area contributed by atoms with Crippen LogP contribution in [0.5, 0.6) is 5.75 Å². The molecule has 0 saturated carbocycles. The van der Waals surface area contributed by atoms with Crippen molar-refractivity contribution in [3.05, 3.63) is 24.3 Å². The number of rotatable bonds is 3. The van der Waals surface area contributed by atoms with Gasteiger partial charge in [0, 0.05) is 5.69 Å². The SMILES string of the molecule is COc1ccc(NC(=O)[C@H](N)C#N)cc1. The average Bonchev–Trinajstić information content (AvgIpc) is 2.29. The zero-order valence-corrected chi connectivity index (χ0v) is 8.23. The fourth-order valence-electron chi connectivity index (χ4n) is 0.953. The molecule has 0 aliphatic heterocycles. The first-order valence-corrected chi connectivity index (χ1v) is 4.27. The highest BCUT2D eigenvalue weighted by Gasteiger charge is 2.11. The molecule has 0 bridgehead atoms. The molecule has 1 rings (SSSR count). The van der Waals surface area contributed by atoms with Crippen molar-refractivity contribution in [3.8, 4) is 11.8 Å². The summed E-state index contributed by atoms with van der Waals surface area (Å²) in [4.78, 5) is 11.2. The Morgan fingerprint density at radius 2 is 2.13 bits per heavy atom. The summed E-state index contributed by atoms with van der Waals surface area (Å²) in [6, 6.07) is 7.24. The molecule has 5 heteroatoms. The van der Waals surface area contributed by atoms with Gasteiger partial charge < -0.3 is 15.8 Å². The maximum absolute atomic E-state index is 11.2. The number of ether oxygens (including phenoxy) is 1. The fourth-order valence-corrected chi connectivity index (χ4v) is 0.953. The third kappa shape index (κ3) is 2.97. The minimum Gasteiger partial charge on any atom is -0.497 e. The summed E-state index contributed by atoms with van der Waals surface area (Å²) in [6.07, 6.45) is 0. The van der Waals surface area contributed by atoms with Crippen LogP contribution in [0.4, 0.5) is 5.69 Å². The van der Waals surface area contributed by atoms with Gasteiger partial charge in [-0.25, -0.2) is 0 Å². The van der Waals surface area contributed by atoms with Gasteiger partial charge in [0.15, 0.2) is 6.04 Å². The van der Waals surface area contributed by atoms with Crippen LogP contribution in [0, 0.1) is 11.3 Å². The highest BCUT2D eigenvalue weighted by atomic mass is 16.5. The Kier molecular flexibility index (Phi) is 3.66. The first kappa shape index (κ1) is 11.0. The molecule has 78 valence electrons. The molecule has 1 amide bonds. The molecule has 0 aliphatic rings. The molecule has 0 radical (unpaired) electrons. The highest BCUT2D eigenvalue weighted by molar-refractivity contribution is 5.96. The maximum atomic E-state index is 11.2. The quantitative estimate of drug-likeness (QED) is 0.751. The summed E-state index contributed by atoms with van der Waals surface area (Å²) < 4.78 is 4.95. The number of hydrogen-bond acceptors (Lipinski definition) is 4. The van der Waals surface area contributed by atoms with Crippen LogP contribution in [0.1, 0.15) is 0 Å². The highest BCUT2D eigenvalue weighted by Crippen LogP contribution is 2.14. The molecular weight excluding hydrogens is 194 g/mol. The third-order valence-electron chi connectivity index (χ3n) is 1.78. The standard InChI is InChI=1S/C10H11N3O2/c1-15-8-4-2-7(3-5-8)13-10(14)9(12)6-11/h2-5,9H,12H2,1H3,(H,13,14)/t9-/m1/s1. The van der Waals surface area contributed by atoms with Crippen LogP contribution >= 0.6 is 0 Å². The van der Waals surface area contributed by atoms with Gasteiger partial charge in [-0.1, -0.05) is 0 Å². The smallest absolute Gasteiger partial charge is 0.255 e. The Bertz CT molecular complexity index is 381. The van der Waals surface area contributed by atoms with Crippen molar-refractivity contribution in [3.63, 3.8) is 0 Å². The van der Waals surface area contributed by atoms with Gasteiger partial charge in [-0.15, -0.1) is 0 Å². The Balaban J connectivity index is 2.66. The van der Waals surface area contributed by atoms with Crippen molar-refractivity contribution >= 4 is 11.6 Å². The predicted octanol–water partition coefficient (Wildman–Crippen LogP) is 0.485. The molecule has 0 fully saturated rings. The van der Waals surface area contributed by atoms with E-state index in [0.29, 0.717) is 11.4 Å². The molecule has 1 aromatic rings. The number of anilines is 1. The number of nitrogens with one attached hydrogen (secondary N) is 1. The first-order valence-electron chi connectivity index (χ1n) is 4.27. The van der Waals surface area contributed by atoms with E-state index in [-0.39, 0.29) is 0 Å². The molecule has 0 unspecified atom stereocenters. The van der Waals surface area contributed by atoms with E-state index in [1.165, 1.54) is 0 Å². The Morgan fingerprint density at radius 1 is 1.53 bits per heavy atom. The third-order valence-corrected chi connectivity index (χ3v) is 1.78. The van der Waals surface area contributed by atoms with E-state index in [1.807, 2.05) is 0 Å². The van der Waals surface area contributed by atoms with E-state index in [4.69, 9.17) is 15.7 Å². The number of nitrogens with zero attached hydrogens (tertiary/aromatic N) is 1. The zero-order valence-electron chi connectivity index (χ0n) is 8.23. The summed E-state index contributed by atoms with van der Waals surface area (Å²) in [7, 11) is 1.55. The Hall–Kier alpha value is -2.06. The van der Waals surface area contributed by atoms with E-state index < -0.39 is 11.9 Å². The molecule has 0 saturated heterocycles. The molecule has 0 heterocycles. The molecule has 0 aromatic heterocycles. The maximum Gasteiger partial charge on any atom is 0.255 e. The second-order valence-electron chi connectivity index (χ2n) is 2.82. The lowest BCUT2D eigenvalue weighted by Crippen LogP contribution is -2.33. The van der Waals surface area contributed by atoms with Crippen LogP contribution in [0.3, 0.4) is 0 Å². The van der Waals surface area contributed by atoms with Crippen molar-refractivity contribution in [2.24, 2.45) is 5.73 Å². The number of methoxy groups -OCH3 is 1. The largest absolute Gasteiger partial charge is 0.497 e. The lowest BCUT2D eigenvalue weighted by atomic mass is 10.2. The zero-order chi connectivity index (χ0) is 11.3. The van der Waals surface area contributed by atoms with Crippen LogP contribution in [0.2, 0.25) is 0 Å². The van der Waals surface area contributed by atoms with E-state index in [1.54, 1.807) is 37.4 Å². The molecule has 5 nitrogen and oxygen atoms in total. The Labute approximate surface area is 87.4 Å². The second kappa shape index (κ2) is 4.98. The van der Waals surface area contributed by atoms with Gasteiger partial charge in [0.25, 0.3) is 5.91 Å². The van der Waals surface area contributed by atoms with Gasteiger partial charge >= 0.3 is 0 Å². The van der Waals surface area contributed by atoms with Gasteiger partial charge in [0.2, 0.25) is 0 Å². The van der Waals surface area contributed by atoms with Crippen LogP contribution in [-0.4, -0.2) is 19.1 Å². The van der Waals surface area contributed by atoms with Crippen molar-refractivity contribution in [2.45, 2.75) is 6.04 Å². The molecule has 0 aliphatic carbocycles. The number of hydrogen-bond donors (Lipinski definition) is 2. The van der Waals surface area contributed by atoms with Crippen molar-refractivity contribution in [2.75, 3.05) is 12.4 Å². The van der Waals surface area contributed by atoms with Crippen molar-refractivity contribution in [1.82, 2.24) is 0 Å². The monoisotopic (exact) mass is 205 g/mol. The number of carbonyl (C=O) groups is 1. The van der Waals surface area contributed by atoms with Crippen molar-refractivity contribution in [1.29, 1.82) is 5.26 Å². The summed E-state index contributed by atoms with van der Waals surface area (Å²) in [5.74, 6) is 0.167. The normalized spacial score (nSPS) is 11.3. The molecular formula is C10H11N3O2. The predicted molar refractivity (Wildman–Crippen MR) is 55.2 cm³/mol. The van der Waals surface area contributed by atoms with Gasteiger partial charge in [-0.3, -0.25) is 4.79 Å². The van der Waals surface area contributed by atoms with E-state index in [2.05, 4.69) is 5.32 Å². The summed E-state index contributed by atoms with van der Waals surface area (Å²) in [6.45, 7) is 0. The number of benzene rings is 1. The number of nitriles is 1. The molecule has 1 aromatic carbocycles. The minimum atomic E-state index is -1.15. The van der Waals surface area contributed by atoms with Gasteiger partial charge in [-0.2, -0.15) is 5.26 Å². The molecule has 15 heavy (non-hydrogen) atoms. The summed E-state index contributed by atoms with van der Waals surface area (Å²) in [5, 5.41) is 10.9. The lowest BCUT2D eigenvalue weighted by molar-refractivity contribution is -0.116. The number of nitrogens with two attached hydrogens (primary N) is 1. The summed E-state index contributed by atoms with van der Waals surface area (Å²) >= 11 is 0. The van der Waals surface area contributed by atoms with Gasteiger partial charge in [-0.05, 0) is 24.3 Å². The van der Waals surface area contributed by atoms with Crippen LogP contribution < -0.4 is 15.8 Å². The van der Waals surface area contributed by atoms with E-state index in [0.717, 1.165) is 0 Å². The minimum absolute atomic E-state index is 0.525. The van der Waals surface area contributed by atoms with Crippen molar-refractivity contribution < 1.29 is 9.53 Å². The number of carbonyl (C=O) groups excluding carboxylic acids is 1. The van der Waals surface area contributed by atoms with E-state index >= 15 is 0 Å². The fraction of sp³-hybridized carbons (Fsp3) is 0.200. The van der Waals surface area contributed by atoms with Crippen LogP contribution in [0.15, 0.2) is 24.3 Å². The van der Waals surface area contributed by atoms with E-state index in [9.17, 15) is 4.79 Å². The first-order chi connectivity index (χ1) is 7.17. The summed E-state index contributed by atoms with van der Waals surface area (Å²) in [5.41, 5.74) is 5.80. The molecule has 0 spiro atoms. The van der Waals surface area contributed by atoms with Gasteiger partial charge in [0.05, 0.1) is 13.2 Å². The molecule has 1 atom stereocenters. The molecule has 3 N–H and O–H groups in total. The average molecular weight is 205 g/mol. The van der Waals surface area contributed by atoms with Crippen LogP contribution in [0.25, 0.3) is 0 Å². The van der Waals surface area contributed by atoms with Gasteiger partial charge in [0.1, 0.15) is 5.75 Å².